The Bertz CT molecular complexity index is 733. The number of nitrogens with one attached hydrogen (secondary N) is 1. The minimum absolute atomic E-state index is 0.177. The monoisotopic (exact) mass is 301 g/mol. The van der Waals surface area contributed by atoms with Gasteiger partial charge in [-0.3, -0.25) is 0 Å². The molecule has 7 heteroatoms. The predicted octanol–water partition coefficient (Wildman–Crippen LogP) is 0.892. The van der Waals surface area contributed by atoms with Gasteiger partial charge in [-0.1, -0.05) is 23.8 Å². The summed E-state index contributed by atoms with van der Waals surface area (Å²) < 4.78 is 49.3. The van der Waals surface area contributed by atoms with Crippen LogP contribution in [0.25, 0.3) is 0 Å². The van der Waals surface area contributed by atoms with Crippen LogP contribution < -0.4 is 4.72 Å². The lowest BCUT2D eigenvalue weighted by Gasteiger charge is -2.13. The molecule has 1 atom stereocenters. The van der Waals surface area contributed by atoms with Crippen molar-refractivity contribution in [2.75, 3.05) is 5.75 Å². The van der Waals surface area contributed by atoms with Crippen molar-refractivity contribution in [3.05, 3.63) is 40.8 Å². The van der Waals surface area contributed by atoms with Crippen LogP contribution in [0.15, 0.2) is 34.6 Å². The predicted molar refractivity (Wildman–Crippen MR) is 73.0 cm³/mol. The number of sulfonamides is 1. The first-order valence-electron chi connectivity index (χ1n) is 5.70. The van der Waals surface area contributed by atoms with E-state index in [1.165, 1.54) is 12.1 Å². The van der Waals surface area contributed by atoms with E-state index in [0.717, 1.165) is 11.0 Å². The van der Waals surface area contributed by atoms with Crippen molar-refractivity contribution in [3.8, 4) is 0 Å². The third kappa shape index (κ3) is 3.23. The topological polar surface area (TPSA) is 80.3 Å². The van der Waals surface area contributed by atoms with E-state index in [2.05, 4.69) is 4.72 Å². The first-order valence-corrected chi connectivity index (χ1v) is 8.90. The van der Waals surface area contributed by atoms with Crippen LogP contribution in [0.4, 0.5) is 0 Å². The second-order valence-corrected chi connectivity index (χ2v) is 8.27. The van der Waals surface area contributed by atoms with E-state index in [-0.39, 0.29) is 10.6 Å². The molecule has 0 saturated carbocycles. The molecule has 0 saturated heterocycles. The fraction of sp³-hybridized carbons (Fsp3) is 0.333. The van der Waals surface area contributed by atoms with Crippen LogP contribution in [0, 0.1) is 13.8 Å². The van der Waals surface area contributed by atoms with Gasteiger partial charge in [-0.2, -0.15) is 0 Å². The average molecular weight is 301 g/mol. The van der Waals surface area contributed by atoms with Crippen molar-refractivity contribution in [2.24, 2.45) is 0 Å². The first-order chi connectivity index (χ1) is 8.70. The van der Waals surface area contributed by atoms with E-state index in [4.69, 9.17) is 0 Å². The van der Waals surface area contributed by atoms with E-state index in [1.807, 2.05) is 6.92 Å². The summed E-state index contributed by atoms with van der Waals surface area (Å²) >= 11 is 0. The molecule has 0 bridgehead atoms. The third-order valence-electron chi connectivity index (χ3n) is 2.86. The fourth-order valence-corrected chi connectivity index (χ4v) is 4.77. The lowest BCUT2D eigenvalue weighted by atomic mass is 10.2. The smallest absolute Gasteiger partial charge is 0.224 e. The lowest BCUT2D eigenvalue weighted by Crippen LogP contribution is -2.35. The molecule has 2 rings (SSSR count). The molecule has 0 aliphatic carbocycles. The molecule has 1 N–H and O–H groups in total. The van der Waals surface area contributed by atoms with Crippen LogP contribution in [0.5, 0.6) is 0 Å². The van der Waals surface area contributed by atoms with Gasteiger partial charge in [0.05, 0.1) is 16.7 Å². The van der Waals surface area contributed by atoms with E-state index in [1.54, 1.807) is 19.1 Å². The number of hydrogen-bond acceptors (Lipinski definition) is 4. The molecule has 0 radical (unpaired) electrons. The zero-order chi connectivity index (χ0) is 14.3. The maximum absolute atomic E-state index is 12.2. The van der Waals surface area contributed by atoms with Gasteiger partial charge in [-0.15, -0.1) is 0 Å². The van der Waals surface area contributed by atoms with Gasteiger partial charge in [-0.05, 0) is 25.5 Å². The maximum atomic E-state index is 12.2. The van der Waals surface area contributed by atoms with Gasteiger partial charge in [0.2, 0.25) is 10.0 Å². The molecule has 1 aromatic rings. The van der Waals surface area contributed by atoms with Crippen LogP contribution in [0.2, 0.25) is 0 Å². The summed E-state index contributed by atoms with van der Waals surface area (Å²) in [5.74, 6) is -0.225. The maximum Gasteiger partial charge on any atom is 0.241 e. The Labute approximate surface area is 113 Å². The van der Waals surface area contributed by atoms with Crippen LogP contribution in [0.3, 0.4) is 0 Å². The summed E-state index contributed by atoms with van der Waals surface area (Å²) in [4.78, 5) is 0.177. The highest BCUT2D eigenvalue weighted by molar-refractivity contribution is 7.94. The molecule has 1 aliphatic rings. The molecule has 0 unspecified atom stereocenters. The standard InChI is InChI=1S/C12H15NO4S2/c1-9-3-4-12(10(2)7-9)19(16,17)13-11-5-6-18(14,15)8-11/h3-7,11,13H,8H2,1-2H3/t11-/m1/s1. The Morgan fingerprint density at radius 2 is 1.95 bits per heavy atom. The van der Waals surface area contributed by atoms with Gasteiger partial charge < -0.3 is 0 Å². The SMILES string of the molecule is Cc1ccc(S(=O)(=O)N[C@@H]2C=CS(=O)(=O)C2)c(C)c1. The molecular weight excluding hydrogens is 286 g/mol. The van der Waals surface area contributed by atoms with E-state index < -0.39 is 25.9 Å². The van der Waals surface area contributed by atoms with Gasteiger partial charge in [0.1, 0.15) is 0 Å². The number of benzene rings is 1. The largest absolute Gasteiger partial charge is 0.241 e. The van der Waals surface area contributed by atoms with E-state index >= 15 is 0 Å². The zero-order valence-electron chi connectivity index (χ0n) is 10.6. The van der Waals surface area contributed by atoms with Crippen LogP contribution in [0.1, 0.15) is 11.1 Å². The summed E-state index contributed by atoms with van der Waals surface area (Å²) in [6.07, 6.45) is 1.36. The highest BCUT2D eigenvalue weighted by atomic mass is 32.2. The minimum Gasteiger partial charge on any atom is -0.224 e. The van der Waals surface area contributed by atoms with Crippen molar-refractivity contribution in [3.63, 3.8) is 0 Å². The second kappa shape index (κ2) is 4.73. The van der Waals surface area contributed by atoms with Crippen LogP contribution >= 0.6 is 0 Å². The third-order valence-corrected chi connectivity index (χ3v) is 5.90. The molecule has 0 spiro atoms. The van der Waals surface area contributed by atoms with E-state index in [0.29, 0.717) is 5.56 Å². The molecule has 1 heterocycles. The first kappa shape index (κ1) is 14.2. The van der Waals surface area contributed by atoms with E-state index in [9.17, 15) is 16.8 Å². The van der Waals surface area contributed by atoms with Crippen LogP contribution in [-0.2, 0) is 19.9 Å². The molecule has 0 amide bonds. The van der Waals surface area contributed by atoms with Crippen molar-refractivity contribution in [1.82, 2.24) is 4.72 Å². The molecule has 5 nitrogen and oxygen atoms in total. The Hall–Kier alpha value is -1.18. The second-order valence-electron chi connectivity index (χ2n) is 4.65. The molecule has 19 heavy (non-hydrogen) atoms. The molecular formula is C12H15NO4S2. The van der Waals surface area contributed by atoms with Gasteiger partial charge >= 0.3 is 0 Å². The molecule has 104 valence electrons. The number of rotatable bonds is 3. The van der Waals surface area contributed by atoms with Gasteiger partial charge in [0, 0.05) is 5.41 Å². The minimum atomic E-state index is -3.71. The Balaban J connectivity index is 2.27. The highest BCUT2D eigenvalue weighted by Gasteiger charge is 2.27. The van der Waals surface area contributed by atoms with Crippen LogP contribution in [-0.4, -0.2) is 28.6 Å². The summed E-state index contributed by atoms with van der Waals surface area (Å²) in [5, 5.41) is 1.04. The summed E-state index contributed by atoms with van der Waals surface area (Å²) in [7, 11) is -6.98. The van der Waals surface area contributed by atoms with Gasteiger partial charge in [0.15, 0.2) is 9.84 Å². The highest BCUT2D eigenvalue weighted by Crippen LogP contribution is 2.18. The quantitative estimate of drug-likeness (QED) is 0.899. The number of sulfone groups is 1. The summed E-state index contributed by atoms with van der Waals surface area (Å²) in [6.45, 7) is 3.59. The van der Waals surface area contributed by atoms with Crippen molar-refractivity contribution >= 4 is 19.9 Å². The van der Waals surface area contributed by atoms with Gasteiger partial charge in [-0.25, -0.2) is 21.6 Å². The Kier molecular flexibility index (Phi) is 3.55. The van der Waals surface area contributed by atoms with Crippen molar-refractivity contribution < 1.29 is 16.8 Å². The fourth-order valence-electron chi connectivity index (χ4n) is 2.01. The zero-order valence-corrected chi connectivity index (χ0v) is 12.3. The van der Waals surface area contributed by atoms with Crippen molar-refractivity contribution in [1.29, 1.82) is 0 Å². The van der Waals surface area contributed by atoms with Gasteiger partial charge in [0.25, 0.3) is 0 Å². The summed E-state index contributed by atoms with van der Waals surface area (Å²) in [6, 6.07) is 4.31. The molecule has 0 fully saturated rings. The normalized spacial score (nSPS) is 21.7. The average Bonchev–Trinajstić information content (AvgIpc) is 2.56. The number of aryl methyl sites for hydroxylation is 2. The Morgan fingerprint density at radius 1 is 1.26 bits per heavy atom. The molecule has 1 aromatic carbocycles. The molecule has 0 aromatic heterocycles. The lowest BCUT2D eigenvalue weighted by molar-refractivity contribution is 0.574. The summed E-state index contributed by atoms with van der Waals surface area (Å²) in [5.41, 5.74) is 1.61. The van der Waals surface area contributed by atoms with Crippen molar-refractivity contribution in [2.45, 2.75) is 24.8 Å². The Morgan fingerprint density at radius 3 is 2.47 bits per heavy atom. The number of hydrogen-bond donors (Lipinski definition) is 1. The molecule has 1 aliphatic heterocycles.